The smallest absolute Gasteiger partial charge is 0.238 e. The second kappa shape index (κ2) is 8.88. The van der Waals surface area contributed by atoms with Crippen molar-refractivity contribution in [3.8, 4) is 0 Å². The lowest BCUT2D eigenvalue weighted by Crippen LogP contribution is -2.42. The van der Waals surface area contributed by atoms with Gasteiger partial charge in [0.25, 0.3) is 0 Å². The molecule has 2 N–H and O–H groups in total. The van der Waals surface area contributed by atoms with Gasteiger partial charge in [-0.15, -0.1) is 0 Å². The standard InChI is InChI=1S/C16H24F3N3O/c1-10(2)22(11(3)4)8-7-20-9-14(23)21-13-6-5-12(17)15(18)16(13)19/h5-6,10-11,20H,7-9H2,1-4H3,(H,21,23). The summed E-state index contributed by atoms with van der Waals surface area (Å²) in [7, 11) is 0. The minimum Gasteiger partial charge on any atom is -0.322 e. The third-order valence-corrected chi connectivity index (χ3v) is 3.47. The van der Waals surface area contributed by atoms with Crippen molar-refractivity contribution in [1.29, 1.82) is 0 Å². The average molecular weight is 331 g/mol. The first-order chi connectivity index (χ1) is 10.7. The lowest BCUT2D eigenvalue weighted by atomic mass is 10.2. The van der Waals surface area contributed by atoms with Crippen LogP contribution < -0.4 is 10.6 Å². The van der Waals surface area contributed by atoms with Gasteiger partial charge in [-0.1, -0.05) is 0 Å². The van der Waals surface area contributed by atoms with Crippen LogP contribution in [-0.2, 0) is 4.79 Å². The van der Waals surface area contributed by atoms with Crippen LogP contribution in [0.5, 0.6) is 0 Å². The number of hydrogen-bond acceptors (Lipinski definition) is 3. The molecule has 1 aromatic rings. The van der Waals surface area contributed by atoms with Crippen LogP contribution in [0.3, 0.4) is 0 Å². The van der Waals surface area contributed by atoms with Gasteiger partial charge in [0.05, 0.1) is 12.2 Å². The number of rotatable bonds is 8. The lowest BCUT2D eigenvalue weighted by Gasteiger charge is -2.30. The number of anilines is 1. The summed E-state index contributed by atoms with van der Waals surface area (Å²) in [6, 6.07) is 2.54. The molecule has 0 aliphatic heterocycles. The SMILES string of the molecule is CC(C)N(CCNCC(=O)Nc1ccc(F)c(F)c1F)C(C)C. The molecule has 0 heterocycles. The van der Waals surface area contributed by atoms with Crippen molar-refractivity contribution < 1.29 is 18.0 Å². The summed E-state index contributed by atoms with van der Waals surface area (Å²) >= 11 is 0. The van der Waals surface area contributed by atoms with E-state index in [0.717, 1.165) is 18.7 Å². The minimum atomic E-state index is -1.60. The highest BCUT2D eigenvalue weighted by molar-refractivity contribution is 5.92. The predicted octanol–water partition coefficient (Wildman–Crippen LogP) is 2.75. The zero-order valence-electron chi connectivity index (χ0n) is 13.9. The molecule has 0 aromatic heterocycles. The van der Waals surface area contributed by atoms with Gasteiger partial charge in [-0.3, -0.25) is 9.69 Å². The second-order valence-electron chi connectivity index (χ2n) is 5.87. The maximum absolute atomic E-state index is 13.4. The van der Waals surface area contributed by atoms with Gasteiger partial charge in [0, 0.05) is 25.2 Å². The zero-order valence-corrected chi connectivity index (χ0v) is 13.9. The Morgan fingerprint density at radius 1 is 1.09 bits per heavy atom. The van der Waals surface area contributed by atoms with Gasteiger partial charge >= 0.3 is 0 Å². The lowest BCUT2D eigenvalue weighted by molar-refractivity contribution is -0.115. The fraction of sp³-hybridized carbons (Fsp3) is 0.562. The third-order valence-electron chi connectivity index (χ3n) is 3.47. The molecular formula is C16H24F3N3O. The quantitative estimate of drug-likeness (QED) is 0.569. The van der Waals surface area contributed by atoms with Crippen LogP contribution in [0.15, 0.2) is 12.1 Å². The second-order valence-corrected chi connectivity index (χ2v) is 5.87. The summed E-state index contributed by atoms with van der Waals surface area (Å²) in [6.07, 6.45) is 0. The van der Waals surface area contributed by atoms with E-state index in [1.807, 2.05) is 0 Å². The van der Waals surface area contributed by atoms with E-state index >= 15 is 0 Å². The van der Waals surface area contributed by atoms with Crippen LogP contribution in [0.4, 0.5) is 18.9 Å². The highest BCUT2D eigenvalue weighted by atomic mass is 19.2. The molecule has 0 unspecified atom stereocenters. The summed E-state index contributed by atoms with van der Waals surface area (Å²) in [5.74, 6) is -4.80. The first-order valence-corrected chi connectivity index (χ1v) is 7.63. The van der Waals surface area contributed by atoms with Crippen LogP contribution in [0.25, 0.3) is 0 Å². The molecule has 7 heteroatoms. The third kappa shape index (κ3) is 5.84. The number of nitrogens with zero attached hydrogens (tertiary/aromatic N) is 1. The summed E-state index contributed by atoms with van der Waals surface area (Å²) in [6.45, 7) is 9.70. The average Bonchev–Trinajstić information content (AvgIpc) is 2.47. The van der Waals surface area contributed by atoms with Crippen molar-refractivity contribution in [2.24, 2.45) is 0 Å². The molecule has 130 valence electrons. The summed E-state index contributed by atoms with van der Waals surface area (Å²) in [5, 5.41) is 5.16. The Balaban J connectivity index is 2.42. The van der Waals surface area contributed by atoms with E-state index < -0.39 is 23.4 Å². The number of halogens is 3. The van der Waals surface area contributed by atoms with E-state index in [9.17, 15) is 18.0 Å². The maximum Gasteiger partial charge on any atom is 0.238 e. The predicted molar refractivity (Wildman–Crippen MR) is 84.8 cm³/mol. The molecular weight excluding hydrogens is 307 g/mol. The first kappa shape index (κ1) is 19.4. The van der Waals surface area contributed by atoms with Crippen LogP contribution in [0.1, 0.15) is 27.7 Å². The van der Waals surface area contributed by atoms with Crippen molar-refractivity contribution in [2.75, 3.05) is 25.0 Å². The van der Waals surface area contributed by atoms with Gasteiger partial charge in [-0.05, 0) is 39.8 Å². The van der Waals surface area contributed by atoms with E-state index in [4.69, 9.17) is 0 Å². The minimum absolute atomic E-state index is 0.0392. The summed E-state index contributed by atoms with van der Waals surface area (Å²) in [5.41, 5.74) is -0.373. The Labute approximate surface area is 135 Å². The molecule has 0 saturated heterocycles. The summed E-state index contributed by atoms with van der Waals surface area (Å²) < 4.78 is 39.3. The number of hydrogen-bond donors (Lipinski definition) is 2. The highest BCUT2D eigenvalue weighted by Crippen LogP contribution is 2.19. The molecule has 0 fully saturated rings. The van der Waals surface area contributed by atoms with E-state index in [2.05, 4.69) is 43.2 Å². The van der Waals surface area contributed by atoms with Crippen molar-refractivity contribution >= 4 is 11.6 Å². The van der Waals surface area contributed by atoms with Crippen molar-refractivity contribution in [1.82, 2.24) is 10.2 Å². The van der Waals surface area contributed by atoms with Crippen molar-refractivity contribution in [3.05, 3.63) is 29.6 Å². The fourth-order valence-electron chi connectivity index (χ4n) is 2.34. The van der Waals surface area contributed by atoms with E-state index in [0.29, 0.717) is 18.6 Å². The normalized spacial score (nSPS) is 11.6. The zero-order chi connectivity index (χ0) is 17.6. The van der Waals surface area contributed by atoms with Crippen molar-refractivity contribution in [3.63, 3.8) is 0 Å². The molecule has 1 aromatic carbocycles. The molecule has 0 bridgehead atoms. The highest BCUT2D eigenvalue weighted by Gasteiger charge is 2.15. The van der Waals surface area contributed by atoms with Crippen LogP contribution >= 0.6 is 0 Å². The van der Waals surface area contributed by atoms with Gasteiger partial charge in [-0.25, -0.2) is 13.2 Å². The molecule has 23 heavy (non-hydrogen) atoms. The monoisotopic (exact) mass is 331 g/mol. The van der Waals surface area contributed by atoms with Gasteiger partial charge in [0.1, 0.15) is 0 Å². The number of benzene rings is 1. The Bertz CT molecular complexity index is 528. The van der Waals surface area contributed by atoms with Gasteiger partial charge < -0.3 is 10.6 Å². The van der Waals surface area contributed by atoms with Crippen LogP contribution in [0, 0.1) is 17.5 Å². The number of amides is 1. The van der Waals surface area contributed by atoms with E-state index in [1.54, 1.807) is 0 Å². The Morgan fingerprint density at radius 3 is 2.26 bits per heavy atom. The number of carbonyl (C=O) groups excluding carboxylic acids is 1. The Hall–Kier alpha value is -1.60. The van der Waals surface area contributed by atoms with E-state index in [-0.39, 0.29) is 12.2 Å². The molecule has 0 radical (unpaired) electrons. The Morgan fingerprint density at radius 2 is 1.70 bits per heavy atom. The molecule has 1 amide bonds. The molecule has 0 aliphatic rings. The molecule has 0 saturated carbocycles. The summed E-state index contributed by atoms with van der Waals surface area (Å²) in [4.78, 5) is 14.0. The van der Waals surface area contributed by atoms with Crippen LogP contribution in [0.2, 0.25) is 0 Å². The van der Waals surface area contributed by atoms with Gasteiger partial charge in [0.2, 0.25) is 5.91 Å². The fourth-order valence-corrected chi connectivity index (χ4v) is 2.34. The molecule has 0 spiro atoms. The molecule has 4 nitrogen and oxygen atoms in total. The first-order valence-electron chi connectivity index (χ1n) is 7.63. The van der Waals surface area contributed by atoms with Crippen molar-refractivity contribution in [2.45, 2.75) is 39.8 Å². The number of carbonyl (C=O) groups is 1. The van der Waals surface area contributed by atoms with Gasteiger partial charge in [-0.2, -0.15) is 0 Å². The molecule has 0 aliphatic carbocycles. The topological polar surface area (TPSA) is 44.4 Å². The van der Waals surface area contributed by atoms with Crippen LogP contribution in [-0.4, -0.2) is 42.5 Å². The molecule has 0 atom stereocenters. The van der Waals surface area contributed by atoms with Gasteiger partial charge in [0.15, 0.2) is 17.5 Å². The Kier molecular flexibility index (Phi) is 7.51. The number of nitrogens with one attached hydrogen (secondary N) is 2. The maximum atomic E-state index is 13.4. The largest absolute Gasteiger partial charge is 0.322 e. The van der Waals surface area contributed by atoms with E-state index in [1.165, 1.54) is 0 Å². The molecule has 1 rings (SSSR count).